The van der Waals surface area contributed by atoms with Crippen LogP contribution in [0.3, 0.4) is 0 Å². The number of hydrogen-bond acceptors (Lipinski definition) is 2. The van der Waals surface area contributed by atoms with Gasteiger partial charge in [0.1, 0.15) is 0 Å². The molecule has 0 bridgehead atoms. The minimum atomic E-state index is 0.664. The Bertz CT molecular complexity index is 91.1. The molecular weight excluding hydrogens is 100 g/mol. The first-order valence-electron chi connectivity index (χ1n) is 2.71. The zero-order chi connectivity index (χ0) is 6.57. The van der Waals surface area contributed by atoms with Gasteiger partial charge in [-0.15, -0.1) is 0 Å². The van der Waals surface area contributed by atoms with Crippen molar-refractivity contribution in [1.82, 2.24) is 0 Å². The van der Waals surface area contributed by atoms with Gasteiger partial charge in [0, 0.05) is 11.4 Å². The molecule has 2 heteroatoms. The standard InChI is InChI=1S/C6H12N2/c1-5(7)3-4-6(2)8/h7-8H,3-4H2,1-2H3. The summed E-state index contributed by atoms with van der Waals surface area (Å²) in [5.41, 5.74) is 1.33. The molecule has 8 heavy (non-hydrogen) atoms. The largest absolute Gasteiger partial charge is 0.310 e. The van der Waals surface area contributed by atoms with Gasteiger partial charge >= 0.3 is 0 Å². The number of nitrogens with one attached hydrogen (secondary N) is 2. The third-order valence-corrected chi connectivity index (χ3v) is 0.875. The Morgan fingerprint density at radius 2 is 1.25 bits per heavy atom. The van der Waals surface area contributed by atoms with E-state index in [0.717, 1.165) is 12.8 Å². The summed E-state index contributed by atoms with van der Waals surface area (Å²) in [6, 6.07) is 0. The molecule has 0 aliphatic heterocycles. The molecular formula is C6H12N2. The van der Waals surface area contributed by atoms with E-state index in [1.807, 2.05) is 0 Å². The van der Waals surface area contributed by atoms with Gasteiger partial charge in [-0.2, -0.15) is 0 Å². The highest BCUT2D eigenvalue weighted by Gasteiger charge is 1.88. The maximum absolute atomic E-state index is 6.99. The molecule has 0 atom stereocenters. The number of hydrogen-bond donors (Lipinski definition) is 2. The monoisotopic (exact) mass is 112 g/mol. The zero-order valence-electron chi connectivity index (χ0n) is 5.41. The summed E-state index contributed by atoms with van der Waals surface area (Å²) in [5.74, 6) is 0. The van der Waals surface area contributed by atoms with Crippen LogP contribution in [0.5, 0.6) is 0 Å². The summed E-state index contributed by atoms with van der Waals surface area (Å²) in [7, 11) is 0. The van der Waals surface area contributed by atoms with Crippen LogP contribution >= 0.6 is 0 Å². The minimum absolute atomic E-state index is 0.664. The van der Waals surface area contributed by atoms with Crippen molar-refractivity contribution in [2.24, 2.45) is 0 Å². The molecule has 0 aliphatic rings. The molecule has 0 heterocycles. The normalized spacial score (nSPS) is 8.75. The lowest BCUT2D eigenvalue weighted by Crippen LogP contribution is -1.93. The van der Waals surface area contributed by atoms with Crippen LogP contribution in [0.1, 0.15) is 26.7 Å². The fraction of sp³-hybridized carbons (Fsp3) is 0.667. The molecule has 0 spiro atoms. The highest BCUT2D eigenvalue weighted by molar-refractivity contribution is 5.86. The Labute approximate surface area is 49.9 Å². The fourth-order valence-electron chi connectivity index (χ4n) is 0.375. The minimum Gasteiger partial charge on any atom is -0.310 e. The van der Waals surface area contributed by atoms with Crippen LogP contribution in [0.15, 0.2) is 0 Å². The summed E-state index contributed by atoms with van der Waals surface area (Å²) < 4.78 is 0. The second-order valence-electron chi connectivity index (χ2n) is 2.06. The first-order chi connectivity index (χ1) is 3.63. The van der Waals surface area contributed by atoms with Crippen LogP contribution < -0.4 is 0 Å². The summed E-state index contributed by atoms with van der Waals surface area (Å²) >= 11 is 0. The summed E-state index contributed by atoms with van der Waals surface area (Å²) in [5, 5.41) is 14.0. The van der Waals surface area contributed by atoms with Gasteiger partial charge in [0.15, 0.2) is 0 Å². The average Bonchev–Trinajstić information content (AvgIpc) is 1.61. The van der Waals surface area contributed by atoms with Crippen LogP contribution in [0.25, 0.3) is 0 Å². The van der Waals surface area contributed by atoms with Crippen molar-refractivity contribution in [3.8, 4) is 0 Å². The molecule has 0 rings (SSSR count). The van der Waals surface area contributed by atoms with Crippen molar-refractivity contribution in [2.45, 2.75) is 26.7 Å². The van der Waals surface area contributed by atoms with Crippen molar-refractivity contribution in [3.63, 3.8) is 0 Å². The van der Waals surface area contributed by atoms with E-state index in [1.165, 1.54) is 0 Å². The molecule has 0 amide bonds. The van der Waals surface area contributed by atoms with E-state index in [4.69, 9.17) is 10.8 Å². The number of rotatable bonds is 3. The van der Waals surface area contributed by atoms with Crippen molar-refractivity contribution in [3.05, 3.63) is 0 Å². The van der Waals surface area contributed by atoms with Crippen molar-refractivity contribution in [2.75, 3.05) is 0 Å². The molecule has 0 aromatic rings. The summed E-state index contributed by atoms with van der Waals surface area (Å²) in [6.07, 6.45) is 1.49. The highest BCUT2D eigenvalue weighted by Crippen LogP contribution is 1.90. The third-order valence-electron chi connectivity index (χ3n) is 0.875. The maximum Gasteiger partial charge on any atom is 0.00619 e. The Hall–Kier alpha value is -0.660. The molecule has 0 saturated carbocycles. The molecule has 2 nitrogen and oxygen atoms in total. The second kappa shape index (κ2) is 3.36. The summed E-state index contributed by atoms with van der Waals surface area (Å²) in [6.45, 7) is 3.53. The molecule has 0 fully saturated rings. The van der Waals surface area contributed by atoms with Crippen LogP contribution in [-0.2, 0) is 0 Å². The summed E-state index contributed by atoms with van der Waals surface area (Å²) in [4.78, 5) is 0. The van der Waals surface area contributed by atoms with Gasteiger partial charge in [-0.3, -0.25) is 0 Å². The SMILES string of the molecule is CC(=N)CCC(C)=N. The molecule has 46 valence electrons. The maximum atomic E-state index is 6.99. The third kappa shape index (κ3) is 5.34. The molecule has 0 aliphatic carbocycles. The van der Waals surface area contributed by atoms with E-state index in [9.17, 15) is 0 Å². The Balaban J connectivity index is 3.18. The van der Waals surface area contributed by atoms with Crippen LogP contribution in [-0.4, -0.2) is 11.4 Å². The lowest BCUT2D eigenvalue weighted by atomic mass is 10.2. The first kappa shape index (κ1) is 7.34. The average molecular weight is 112 g/mol. The van der Waals surface area contributed by atoms with Gasteiger partial charge < -0.3 is 10.8 Å². The van der Waals surface area contributed by atoms with Gasteiger partial charge in [0.25, 0.3) is 0 Å². The molecule has 0 aromatic carbocycles. The van der Waals surface area contributed by atoms with Gasteiger partial charge in [-0.05, 0) is 26.7 Å². The Kier molecular flexibility index (Phi) is 3.08. The lowest BCUT2D eigenvalue weighted by molar-refractivity contribution is 1.10. The van der Waals surface area contributed by atoms with Gasteiger partial charge in [-0.1, -0.05) is 0 Å². The van der Waals surface area contributed by atoms with Crippen molar-refractivity contribution >= 4 is 11.4 Å². The molecule has 0 aromatic heterocycles. The van der Waals surface area contributed by atoms with Crippen molar-refractivity contribution < 1.29 is 0 Å². The Morgan fingerprint density at radius 3 is 1.38 bits per heavy atom. The fourth-order valence-corrected chi connectivity index (χ4v) is 0.375. The predicted molar refractivity (Wildman–Crippen MR) is 36.0 cm³/mol. The first-order valence-corrected chi connectivity index (χ1v) is 2.71. The lowest BCUT2D eigenvalue weighted by Gasteiger charge is -1.92. The molecule has 0 unspecified atom stereocenters. The van der Waals surface area contributed by atoms with Crippen molar-refractivity contribution in [1.29, 1.82) is 10.8 Å². The van der Waals surface area contributed by atoms with E-state index in [1.54, 1.807) is 13.8 Å². The molecule has 2 N–H and O–H groups in total. The smallest absolute Gasteiger partial charge is 0.00619 e. The van der Waals surface area contributed by atoms with Gasteiger partial charge in [0.2, 0.25) is 0 Å². The van der Waals surface area contributed by atoms with Crippen LogP contribution in [0, 0.1) is 10.8 Å². The topological polar surface area (TPSA) is 47.7 Å². The van der Waals surface area contributed by atoms with Crippen LogP contribution in [0.4, 0.5) is 0 Å². The van der Waals surface area contributed by atoms with Gasteiger partial charge in [0.05, 0.1) is 0 Å². The van der Waals surface area contributed by atoms with E-state index in [-0.39, 0.29) is 0 Å². The molecule has 0 saturated heterocycles. The highest BCUT2D eigenvalue weighted by atomic mass is 14.4. The van der Waals surface area contributed by atoms with Crippen LogP contribution in [0.2, 0.25) is 0 Å². The van der Waals surface area contributed by atoms with E-state index in [0.29, 0.717) is 11.4 Å². The van der Waals surface area contributed by atoms with E-state index < -0.39 is 0 Å². The zero-order valence-corrected chi connectivity index (χ0v) is 5.41. The Morgan fingerprint density at radius 1 is 1.00 bits per heavy atom. The predicted octanol–water partition coefficient (Wildman–Crippen LogP) is 1.85. The quantitative estimate of drug-likeness (QED) is 0.523. The molecule has 0 radical (unpaired) electrons. The second-order valence-corrected chi connectivity index (χ2v) is 2.06. The van der Waals surface area contributed by atoms with E-state index >= 15 is 0 Å². The van der Waals surface area contributed by atoms with E-state index in [2.05, 4.69) is 0 Å². The van der Waals surface area contributed by atoms with Gasteiger partial charge in [-0.25, -0.2) is 0 Å².